The number of carbonyl (C=O) groups is 3. The Morgan fingerprint density at radius 3 is 2.45 bits per heavy atom. The number of rotatable bonds is 6. The molecule has 0 saturated carbocycles. The predicted octanol–water partition coefficient (Wildman–Crippen LogP) is 4.84. The summed E-state index contributed by atoms with van der Waals surface area (Å²) in [6, 6.07) is 18.3. The predicted molar refractivity (Wildman–Crippen MR) is 127 cm³/mol. The number of nitrogens with zero attached hydrogens (tertiary/aromatic N) is 1. The minimum Gasteiger partial charge on any atom is -0.487 e. The van der Waals surface area contributed by atoms with E-state index in [4.69, 9.17) is 21.4 Å². The summed E-state index contributed by atoms with van der Waals surface area (Å²) in [6.45, 7) is 0.132. The Morgan fingerprint density at radius 2 is 1.79 bits per heavy atom. The summed E-state index contributed by atoms with van der Waals surface area (Å²) in [4.78, 5) is 36.5. The summed E-state index contributed by atoms with van der Waals surface area (Å²) in [5, 5.41) is 10.6. The van der Waals surface area contributed by atoms with Crippen molar-refractivity contribution in [2.24, 2.45) is 0 Å². The van der Waals surface area contributed by atoms with Gasteiger partial charge in [-0.1, -0.05) is 41.9 Å². The van der Waals surface area contributed by atoms with Gasteiger partial charge in [0.25, 0.3) is 11.8 Å². The van der Waals surface area contributed by atoms with E-state index < -0.39 is 17.8 Å². The first-order valence-corrected chi connectivity index (χ1v) is 10.9. The van der Waals surface area contributed by atoms with Crippen molar-refractivity contribution in [3.05, 3.63) is 98.5 Å². The first kappa shape index (κ1) is 22.6. The fraction of sp³-hybridized carbons (Fsp3) is 0.0417. The van der Waals surface area contributed by atoms with Gasteiger partial charge in [-0.15, -0.1) is 0 Å². The van der Waals surface area contributed by atoms with E-state index in [0.717, 1.165) is 5.56 Å². The molecule has 0 unspecified atom stereocenters. The van der Waals surface area contributed by atoms with Crippen LogP contribution in [0.3, 0.4) is 0 Å². The molecule has 0 bridgehead atoms. The summed E-state index contributed by atoms with van der Waals surface area (Å²) < 4.78 is 6.48. The van der Waals surface area contributed by atoms with Gasteiger partial charge in [0.2, 0.25) is 0 Å². The largest absolute Gasteiger partial charge is 0.487 e. The van der Waals surface area contributed by atoms with Gasteiger partial charge in [0, 0.05) is 10.6 Å². The number of para-hydroxylation sites is 1. The Hall–Kier alpha value is -3.62. The Kier molecular flexibility index (Phi) is 6.48. The molecule has 0 atom stereocenters. The zero-order chi connectivity index (χ0) is 23.5. The van der Waals surface area contributed by atoms with E-state index in [1.807, 2.05) is 6.07 Å². The highest BCUT2D eigenvalue weighted by molar-refractivity contribution is 9.10. The third kappa shape index (κ3) is 4.92. The molecule has 33 heavy (non-hydrogen) atoms. The fourth-order valence-electron chi connectivity index (χ4n) is 3.21. The number of halogens is 2. The minimum atomic E-state index is -1.01. The number of nitrogens with one attached hydrogen (secondary N) is 1. The van der Waals surface area contributed by atoms with Crippen LogP contribution in [-0.4, -0.2) is 22.9 Å². The van der Waals surface area contributed by atoms with Crippen LogP contribution in [0.25, 0.3) is 6.08 Å². The lowest BCUT2D eigenvalue weighted by Gasteiger charge is -2.14. The molecule has 1 aliphatic heterocycles. The highest BCUT2D eigenvalue weighted by atomic mass is 79.9. The van der Waals surface area contributed by atoms with Gasteiger partial charge in [-0.25, -0.2) is 9.80 Å². The summed E-state index contributed by atoms with van der Waals surface area (Å²) in [7, 11) is 0. The molecule has 1 heterocycles. The summed E-state index contributed by atoms with van der Waals surface area (Å²) in [5.41, 5.74) is 4.37. The maximum atomic E-state index is 12.9. The molecule has 3 aromatic rings. The summed E-state index contributed by atoms with van der Waals surface area (Å²) >= 11 is 9.62. The number of ether oxygens (including phenoxy) is 1. The van der Waals surface area contributed by atoms with Crippen LogP contribution in [0, 0.1) is 0 Å². The molecular formula is C24H16BrClN2O5. The van der Waals surface area contributed by atoms with E-state index in [-0.39, 0.29) is 17.7 Å². The van der Waals surface area contributed by atoms with Crippen LogP contribution in [0.15, 0.2) is 76.8 Å². The molecule has 1 saturated heterocycles. The first-order valence-electron chi connectivity index (χ1n) is 9.70. The molecule has 7 nitrogen and oxygen atoms in total. The van der Waals surface area contributed by atoms with E-state index in [0.29, 0.717) is 26.5 Å². The van der Waals surface area contributed by atoms with E-state index in [9.17, 15) is 14.4 Å². The molecule has 0 aliphatic carbocycles. The maximum absolute atomic E-state index is 12.9. The Labute approximate surface area is 202 Å². The van der Waals surface area contributed by atoms with Crippen molar-refractivity contribution in [3.8, 4) is 5.75 Å². The second-order valence-corrected chi connectivity index (χ2v) is 8.36. The molecule has 0 radical (unpaired) electrons. The lowest BCUT2D eigenvalue weighted by Crippen LogP contribution is -2.35. The summed E-state index contributed by atoms with van der Waals surface area (Å²) in [6.07, 6.45) is 1.43. The number of carboxylic acids is 1. The first-order chi connectivity index (χ1) is 15.8. The lowest BCUT2D eigenvalue weighted by molar-refractivity contribution is -0.117. The van der Waals surface area contributed by atoms with Crippen LogP contribution < -0.4 is 15.2 Å². The number of anilines is 1. The molecule has 2 amide bonds. The van der Waals surface area contributed by atoms with Crippen molar-refractivity contribution in [1.82, 2.24) is 5.43 Å². The standard InChI is InChI=1S/C24H16BrClN2O5/c25-20-12-17(26)10-16(21(20)33-13-14-6-8-15(9-7-14)24(31)32)11-19-22(29)27-28(23(19)30)18-4-2-1-3-5-18/h1-12H,13H2,(H,27,29)(H,31,32)/b19-11-. The molecule has 1 aliphatic rings. The monoisotopic (exact) mass is 526 g/mol. The Balaban J connectivity index is 1.62. The van der Waals surface area contributed by atoms with E-state index in [2.05, 4.69) is 21.4 Å². The number of carbonyl (C=O) groups excluding carboxylic acids is 2. The number of aromatic carboxylic acids is 1. The van der Waals surface area contributed by atoms with Crippen molar-refractivity contribution in [3.63, 3.8) is 0 Å². The number of benzene rings is 3. The van der Waals surface area contributed by atoms with Gasteiger partial charge >= 0.3 is 5.97 Å². The van der Waals surface area contributed by atoms with Gasteiger partial charge in [-0.05, 0) is 64.0 Å². The van der Waals surface area contributed by atoms with Gasteiger partial charge in [0.05, 0.1) is 15.7 Å². The molecule has 0 aromatic heterocycles. The van der Waals surface area contributed by atoms with E-state index >= 15 is 0 Å². The molecule has 2 N–H and O–H groups in total. The van der Waals surface area contributed by atoms with Crippen LogP contribution in [0.2, 0.25) is 5.02 Å². The Bertz CT molecular complexity index is 1280. The quantitative estimate of drug-likeness (QED) is 0.353. The van der Waals surface area contributed by atoms with Crippen molar-refractivity contribution in [1.29, 1.82) is 0 Å². The van der Waals surface area contributed by atoms with Gasteiger partial charge < -0.3 is 9.84 Å². The second-order valence-electron chi connectivity index (χ2n) is 7.07. The molecule has 1 fully saturated rings. The lowest BCUT2D eigenvalue weighted by atomic mass is 10.1. The number of carboxylic acid groups (broad SMARTS) is 1. The van der Waals surface area contributed by atoms with Crippen LogP contribution >= 0.6 is 27.5 Å². The van der Waals surface area contributed by atoms with Crippen molar-refractivity contribution in [2.75, 3.05) is 5.01 Å². The van der Waals surface area contributed by atoms with Gasteiger partial charge in [-0.3, -0.25) is 15.0 Å². The average Bonchev–Trinajstić information content (AvgIpc) is 3.07. The molecule has 9 heteroatoms. The highest BCUT2D eigenvalue weighted by Crippen LogP contribution is 2.35. The van der Waals surface area contributed by atoms with Crippen molar-refractivity contribution >= 4 is 57.1 Å². The van der Waals surface area contributed by atoms with Gasteiger partial charge in [-0.2, -0.15) is 0 Å². The number of hydrazine groups is 1. The molecule has 4 rings (SSSR count). The highest BCUT2D eigenvalue weighted by Gasteiger charge is 2.34. The SMILES string of the molecule is O=C1NN(c2ccccc2)C(=O)/C1=C\c1cc(Cl)cc(Br)c1OCc1ccc(C(=O)O)cc1. The number of hydrogen-bond donors (Lipinski definition) is 2. The van der Waals surface area contributed by atoms with Crippen molar-refractivity contribution < 1.29 is 24.2 Å². The Morgan fingerprint density at radius 1 is 1.09 bits per heavy atom. The van der Waals surface area contributed by atoms with Crippen molar-refractivity contribution in [2.45, 2.75) is 6.61 Å². The number of hydrogen-bond acceptors (Lipinski definition) is 4. The number of amides is 2. The average molecular weight is 528 g/mol. The molecule has 0 spiro atoms. The second kappa shape index (κ2) is 9.48. The van der Waals surface area contributed by atoms with Gasteiger partial charge in [0.15, 0.2) is 0 Å². The zero-order valence-corrected chi connectivity index (χ0v) is 19.3. The summed E-state index contributed by atoms with van der Waals surface area (Å²) in [5.74, 6) is -1.68. The normalized spacial score (nSPS) is 14.5. The van der Waals surface area contributed by atoms with Crippen LogP contribution in [-0.2, 0) is 16.2 Å². The fourth-order valence-corrected chi connectivity index (χ4v) is 4.16. The van der Waals surface area contributed by atoms with Crippen LogP contribution in [0.5, 0.6) is 5.75 Å². The molecular weight excluding hydrogens is 512 g/mol. The topological polar surface area (TPSA) is 95.9 Å². The van der Waals surface area contributed by atoms with Crippen LogP contribution in [0.4, 0.5) is 5.69 Å². The van der Waals surface area contributed by atoms with Crippen LogP contribution in [0.1, 0.15) is 21.5 Å². The van der Waals surface area contributed by atoms with Gasteiger partial charge in [0.1, 0.15) is 17.9 Å². The minimum absolute atomic E-state index is 0.0660. The molecule has 3 aromatic carbocycles. The van der Waals surface area contributed by atoms with E-state index in [1.165, 1.54) is 23.2 Å². The molecule has 166 valence electrons. The third-order valence-corrected chi connectivity index (χ3v) is 5.63. The smallest absolute Gasteiger partial charge is 0.335 e. The maximum Gasteiger partial charge on any atom is 0.335 e. The third-order valence-electron chi connectivity index (χ3n) is 4.83. The van der Waals surface area contributed by atoms with E-state index in [1.54, 1.807) is 48.5 Å². The zero-order valence-electron chi connectivity index (χ0n) is 16.9.